The first-order valence-electron chi connectivity index (χ1n) is 12.9. The number of imide groups is 1. The van der Waals surface area contributed by atoms with Crippen molar-refractivity contribution in [1.29, 1.82) is 0 Å². The molecule has 1 unspecified atom stereocenters. The van der Waals surface area contributed by atoms with Crippen LogP contribution in [0.4, 0.5) is 5.69 Å². The number of carbonyl (C=O) groups excluding carboxylic acids is 2. The lowest BCUT2D eigenvalue weighted by Gasteiger charge is -2.33. The molecule has 0 aromatic heterocycles. The van der Waals surface area contributed by atoms with Gasteiger partial charge in [0.2, 0.25) is 11.8 Å². The SMILES string of the molecule is COc1ccc(C2CC(=O)N(c3c(C)c(C)c4c(c3C)C(c3ccc(C)cc3)C(C)(C)O4)C(=O)C2)cc1. The average molecular weight is 498 g/mol. The van der Waals surface area contributed by atoms with Crippen LogP contribution in [0.2, 0.25) is 0 Å². The first kappa shape index (κ1) is 25.1. The van der Waals surface area contributed by atoms with Gasteiger partial charge in [0.05, 0.1) is 18.7 Å². The van der Waals surface area contributed by atoms with E-state index in [0.29, 0.717) is 0 Å². The van der Waals surface area contributed by atoms with Crippen LogP contribution >= 0.6 is 0 Å². The Kier molecular flexibility index (Phi) is 6.13. The highest BCUT2D eigenvalue weighted by atomic mass is 16.5. The van der Waals surface area contributed by atoms with Crippen molar-refractivity contribution in [1.82, 2.24) is 0 Å². The largest absolute Gasteiger partial charge is 0.497 e. The Labute approximate surface area is 219 Å². The Morgan fingerprint density at radius 2 is 1.38 bits per heavy atom. The maximum Gasteiger partial charge on any atom is 0.234 e. The molecule has 1 saturated heterocycles. The summed E-state index contributed by atoms with van der Waals surface area (Å²) in [6.07, 6.45) is 0.576. The molecular formula is C32H35NO4. The van der Waals surface area contributed by atoms with Gasteiger partial charge in [-0.15, -0.1) is 0 Å². The Morgan fingerprint density at radius 1 is 0.811 bits per heavy atom. The van der Waals surface area contributed by atoms with Crippen molar-refractivity contribution in [2.45, 2.75) is 71.8 Å². The topological polar surface area (TPSA) is 55.8 Å². The van der Waals surface area contributed by atoms with Crippen molar-refractivity contribution in [3.05, 3.63) is 87.5 Å². The van der Waals surface area contributed by atoms with Crippen LogP contribution in [0.25, 0.3) is 0 Å². The van der Waals surface area contributed by atoms with Gasteiger partial charge in [-0.3, -0.25) is 9.59 Å². The number of hydrogen-bond acceptors (Lipinski definition) is 4. The minimum atomic E-state index is -0.465. The fourth-order valence-corrected chi connectivity index (χ4v) is 6.12. The van der Waals surface area contributed by atoms with Gasteiger partial charge in [0.15, 0.2) is 0 Å². The lowest BCUT2D eigenvalue weighted by Crippen LogP contribution is -2.43. The second-order valence-corrected chi connectivity index (χ2v) is 11.0. The van der Waals surface area contributed by atoms with Gasteiger partial charge in [-0.05, 0) is 81.5 Å². The van der Waals surface area contributed by atoms with E-state index in [-0.39, 0.29) is 36.5 Å². The van der Waals surface area contributed by atoms with Crippen LogP contribution in [0.3, 0.4) is 0 Å². The summed E-state index contributed by atoms with van der Waals surface area (Å²) in [4.78, 5) is 28.6. The maximum atomic E-state index is 13.6. The number of ether oxygens (including phenoxy) is 2. The monoisotopic (exact) mass is 497 g/mol. The molecule has 37 heavy (non-hydrogen) atoms. The highest BCUT2D eigenvalue weighted by Crippen LogP contribution is 2.54. The number of methoxy groups -OCH3 is 1. The molecule has 3 aromatic carbocycles. The number of anilines is 1. The van der Waals surface area contributed by atoms with E-state index >= 15 is 0 Å². The summed E-state index contributed by atoms with van der Waals surface area (Å²) in [7, 11) is 1.62. The molecular weight excluding hydrogens is 462 g/mol. The molecule has 0 aliphatic carbocycles. The average Bonchev–Trinajstić information content (AvgIpc) is 3.16. The normalized spacial score (nSPS) is 19.1. The van der Waals surface area contributed by atoms with Gasteiger partial charge in [0.25, 0.3) is 0 Å². The molecule has 192 valence electrons. The summed E-state index contributed by atoms with van der Waals surface area (Å²) in [6.45, 7) is 12.4. The van der Waals surface area contributed by atoms with Gasteiger partial charge in [-0.25, -0.2) is 4.90 Å². The first-order valence-corrected chi connectivity index (χ1v) is 12.9. The third-order valence-electron chi connectivity index (χ3n) is 8.17. The van der Waals surface area contributed by atoms with Crippen molar-refractivity contribution < 1.29 is 19.1 Å². The van der Waals surface area contributed by atoms with Crippen LogP contribution in [-0.4, -0.2) is 24.5 Å². The van der Waals surface area contributed by atoms with Crippen molar-refractivity contribution in [2.24, 2.45) is 0 Å². The minimum Gasteiger partial charge on any atom is -0.497 e. The van der Waals surface area contributed by atoms with Crippen molar-refractivity contribution >= 4 is 17.5 Å². The van der Waals surface area contributed by atoms with Crippen LogP contribution in [0.15, 0.2) is 48.5 Å². The van der Waals surface area contributed by atoms with Crippen LogP contribution < -0.4 is 14.4 Å². The standard InChI is InChI=1S/C32H35NO4/c1-18-8-10-23(11-9-18)29-28-21(4)30(19(2)20(3)31(28)37-32(29,5)6)33-26(34)16-24(17-27(33)35)22-12-14-25(36-7)15-13-22/h8-15,24,29H,16-17H2,1-7H3. The van der Waals surface area contributed by atoms with Crippen LogP contribution in [0.1, 0.15) is 77.5 Å². The summed E-state index contributed by atoms with van der Waals surface area (Å²) in [5, 5.41) is 0. The lowest BCUT2D eigenvalue weighted by molar-refractivity contribution is -0.129. The third kappa shape index (κ3) is 4.11. The molecule has 2 amide bonds. The Bertz CT molecular complexity index is 1370. The van der Waals surface area contributed by atoms with E-state index < -0.39 is 5.60 Å². The molecule has 1 fully saturated rings. The number of carbonyl (C=O) groups is 2. The lowest BCUT2D eigenvalue weighted by atomic mass is 9.78. The fraction of sp³-hybridized carbons (Fsp3) is 0.375. The molecule has 1 atom stereocenters. The third-order valence-corrected chi connectivity index (χ3v) is 8.17. The second-order valence-electron chi connectivity index (χ2n) is 11.0. The maximum absolute atomic E-state index is 13.6. The molecule has 2 heterocycles. The molecule has 0 N–H and O–H groups in total. The van der Waals surface area contributed by atoms with Gasteiger partial charge in [-0.2, -0.15) is 0 Å². The predicted octanol–water partition coefficient (Wildman–Crippen LogP) is 6.67. The van der Waals surface area contributed by atoms with E-state index in [9.17, 15) is 9.59 Å². The van der Waals surface area contributed by atoms with E-state index in [1.807, 2.05) is 45.0 Å². The highest BCUT2D eigenvalue weighted by molar-refractivity contribution is 6.18. The number of nitrogens with zero attached hydrogens (tertiary/aromatic N) is 1. The minimum absolute atomic E-state index is 0.0109. The summed E-state index contributed by atoms with van der Waals surface area (Å²) in [6, 6.07) is 16.2. The van der Waals surface area contributed by atoms with E-state index in [2.05, 4.69) is 45.0 Å². The van der Waals surface area contributed by atoms with E-state index in [1.165, 1.54) is 16.0 Å². The number of fused-ring (bicyclic) bond motifs is 1. The van der Waals surface area contributed by atoms with Gasteiger partial charge < -0.3 is 9.47 Å². The van der Waals surface area contributed by atoms with Gasteiger partial charge in [-0.1, -0.05) is 42.0 Å². The molecule has 5 heteroatoms. The number of rotatable bonds is 4. The summed E-state index contributed by atoms with van der Waals surface area (Å²) in [5.41, 5.74) is 7.53. The Hall–Kier alpha value is -3.60. The molecule has 0 spiro atoms. The molecule has 2 aliphatic rings. The van der Waals surface area contributed by atoms with E-state index in [4.69, 9.17) is 9.47 Å². The molecule has 0 radical (unpaired) electrons. The number of hydrogen-bond donors (Lipinski definition) is 0. The van der Waals surface area contributed by atoms with Gasteiger partial charge >= 0.3 is 0 Å². The zero-order valence-electron chi connectivity index (χ0n) is 22.8. The predicted molar refractivity (Wildman–Crippen MR) is 146 cm³/mol. The molecule has 5 rings (SSSR count). The zero-order valence-corrected chi connectivity index (χ0v) is 22.8. The van der Waals surface area contributed by atoms with Crippen LogP contribution in [0, 0.1) is 27.7 Å². The molecule has 2 aliphatic heterocycles. The second kappa shape index (κ2) is 9.05. The number of piperidine rings is 1. The quantitative estimate of drug-likeness (QED) is 0.378. The summed E-state index contributed by atoms with van der Waals surface area (Å²) in [5.74, 6) is 1.17. The zero-order chi connectivity index (χ0) is 26.6. The molecule has 0 bridgehead atoms. The number of amides is 2. The smallest absolute Gasteiger partial charge is 0.234 e. The van der Waals surface area contributed by atoms with Crippen molar-refractivity contribution in [3.8, 4) is 11.5 Å². The fourth-order valence-electron chi connectivity index (χ4n) is 6.12. The van der Waals surface area contributed by atoms with Crippen LogP contribution in [0.5, 0.6) is 11.5 Å². The highest BCUT2D eigenvalue weighted by Gasteiger charge is 2.46. The van der Waals surface area contributed by atoms with Gasteiger partial charge in [0.1, 0.15) is 17.1 Å². The Balaban J connectivity index is 1.57. The molecule has 5 nitrogen and oxygen atoms in total. The van der Waals surface area contributed by atoms with Crippen molar-refractivity contribution in [3.63, 3.8) is 0 Å². The molecule has 0 saturated carbocycles. The summed E-state index contributed by atoms with van der Waals surface area (Å²) >= 11 is 0. The number of aryl methyl sites for hydroxylation is 1. The number of benzene rings is 3. The van der Waals surface area contributed by atoms with Crippen molar-refractivity contribution in [2.75, 3.05) is 12.0 Å². The first-order chi connectivity index (χ1) is 17.5. The van der Waals surface area contributed by atoms with Crippen LogP contribution in [-0.2, 0) is 9.59 Å². The summed E-state index contributed by atoms with van der Waals surface area (Å²) < 4.78 is 11.8. The van der Waals surface area contributed by atoms with Gasteiger partial charge in [0, 0.05) is 24.3 Å². The Morgan fingerprint density at radius 3 is 1.95 bits per heavy atom. The van der Waals surface area contributed by atoms with E-state index in [0.717, 1.165) is 45.0 Å². The molecule has 3 aromatic rings. The van der Waals surface area contributed by atoms with E-state index in [1.54, 1.807) is 7.11 Å².